The number of alkyl halides is 3. The Hall–Kier alpha value is -2.95. The Balaban J connectivity index is 2.11. The molecule has 24 heavy (non-hydrogen) atoms. The lowest BCUT2D eigenvalue weighted by molar-refractivity contribution is -0.137. The second-order valence-corrected chi connectivity index (χ2v) is 5.12. The van der Waals surface area contributed by atoms with Crippen LogP contribution in [0, 0.1) is 0 Å². The molecule has 2 aromatic carbocycles. The van der Waals surface area contributed by atoms with E-state index in [0.29, 0.717) is 5.71 Å². The highest BCUT2D eigenvalue weighted by Gasteiger charge is 2.31. The summed E-state index contributed by atoms with van der Waals surface area (Å²) in [5.41, 5.74) is 1.58. The smallest absolute Gasteiger partial charge is 0.262 e. The van der Waals surface area contributed by atoms with Crippen molar-refractivity contribution in [2.45, 2.75) is 6.18 Å². The van der Waals surface area contributed by atoms with E-state index in [1.807, 2.05) is 60.7 Å². The second kappa shape index (κ2) is 6.66. The summed E-state index contributed by atoms with van der Waals surface area (Å²) in [6.07, 6.45) is -2.33. The van der Waals surface area contributed by atoms with E-state index in [0.717, 1.165) is 23.4 Å². The number of aliphatic imine (C=N–C) groups is 1. The molecule has 0 unspecified atom stereocenters. The topological polar surface area (TPSA) is 25.2 Å². The minimum absolute atomic E-state index is 0.160. The zero-order valence-corrected chi connectivity index (χ0v) is 12.5. The first-order chi connectivity index (χ1) is 11.5. The monoisotopic (exact) mass is 326 g/mol. The molecule has 0 fully saturated rings. The molecule has 3 aromatic rings. The third-order valence-corrected chi connectivity index (χ3v) is 3.39. The van der Waals surface area contributed by atoms with Crippen LogP contribution in [0.3, 0.4) is 0 Å². The molecule has 120 valence electrons. The lowest BCUT2D eigenvalue weighted by Gasteiger charge is -2.09. The summed E-state index contributed by atoms with van der Waals surface area (Å²) in [6.45, 7) is 0. The van der Waals surface area contributed by atoms with Crippen molar-refractivity contribution in [2.24, 2.45) is 4.99 Å². The van der Waals surface area contributed by atoms with Crippen molar-refractivity contribution < 1.29 is 13.2 Å². The molecule has 1 heterocycles. The average Bonchev–Trinajstić information content (AvgIpc) is 2.61. The molecule has 1 aromatic heterocycles. The van der Waals surface area contributed by atoms with Crippen molar-refractivity contribution in [3.8, 4) is 0 Å². The van der Waals surface area contributed by atoms with Crippen molar-refractivity contribution in [3.05, 3.63) is 95.8 Å². The number of halogens is 3. The van der Waals surface area contributed by atoms with Crippen LogP contribution in [-0.4, -0.2) is 10.7 Å². The molecule has 0 N–H and O–H groups in total. The summed E-state index contributed by atoms with van der Waals surface area (Å²) >= 11 is 0. The van der Waals surface area contributed by atoms with E-state index in [1.54, 1.807) is 0 Å². The number of benzene rings is 2. The number of hydrogen-bond donors (Lipinski definition) is 0. The summed E-state index contributed by atoms with van der Waals surface area (Å²) in [7, 11) is 0. The fraction of sp³-hybridized carbons (Fsp3) is 0.0526. The summed E-state index contributed by atoms with van der Waals surface area (Å²) in [4.78, 5) is 8.09. The summed E-state index contributed by atoms with van der Waals surface area (Å²) in [5, 5.41) is 0. The molecule has 0 aliphatic carbocycles. The van der Waals surface area contributed by atoms with Crippen molar-refractivity contribution in [1.82, 2.24) is 4.98 Å². The number of hydrogen-bond acceptors (Lipinski definition) is 2. The number of pyridine rings is 1. The van der Waals surface area contributed by atoms with Crippen molar-refractivity contribution in [1.29, 1.82) is 0 Å². The van der Waals surface area contributed by atoms with E-state index in [-0.39, 0.29) is 5.69 Å². The van der Waals surface area contributed by atoms with E-state index >= 15 is 0 Å². The van der Waals surface area contributed by atoms with Gasteiger partial charge in [-0.15, -0.1) is 0 Å². The molecule has 0 saturated heterocycles. The number of aromatic nitrogens is 1. The summed E-state index contributed by atoms with van der Waals surface area (Å²) < 4.78 is 38.6. The van der Waals surface area contributed by atoms with Crippen molar-refractivity contribution in [2.75, 3.05) is 0 Å². The van der Waals surface area contributed by atoms with Gasteiger partial charge < -0.3 is 0 Å². The van der Waals surface area contributed by atoms with Crippen molar-refractivity contribution >= 4 is 11.4 Å². The van der Waals surface area contributed by atoms with E-state index in [9.17, 15) is 13.2 Å². The highest BCUT2D eigenvalue weighted by atomic mass is 19.4. The minimum atomic E-state index is -4.45. The molecule has 0 radical (unpaired) electrons. The van der Waals surface area contributed by atoms with Crippen LogP contribution in [0.2, 0.25) is 0 Å². The Morgan fingerprint density at radius 2 is 1.33 bits per heavy atom. The molecular weight excluding hydrogens is 313 g/mol. The van der Waals surface area contributed by atoms with Crippen LogP contribution in [0.15, 0.2) is 84.1 Å². The van der Waals surface area contributed by atoms with Crippen LogP contribution in [0.4, 0.5) is 18.9 Å². The van der Waals surface area contributed by atoms with Gasteiger partial charge in [0.15, 0.2) is 0 Å². The Morgan fingerprint density at radius 3 is 1.83 bits per heavy atom. The van der Waals surface area contributed by atoms with E-state index in [1.165, 1.54) is 6.20 Å². The number of rotatable bonds is 3. The van der Waals surface area contributed by atoms with Gasteiger partial charge in [0.25, 0.3) is 0 Å². The van der Waals surface area contributed by atoms with Gasteiger partial charge in [0.1, 0.15) is 0 Å². The molecule has 0 aliphatic rings. The quantitative estimate of drug-likeness (QED) is 0.602. The summed E-state index contributed by atoms with van der Waals surface area (Å²) in [5.74, 6) is 0. The van der Waals surface area contributed by atoms with Crippen LogP contribution in [0.5, 0.6) is 0 Å². The second-order valence-electron chi connectivity index (χ2n) is 5.12. The third-order valence-electron chi connectivity index (χ3n) is 3.39. The van der Waals surface area contributed by atoms with Gasteiger partial charge in [0.2, 0.25) is 0 Å². The Kier molecular flexibility index (Phi) is 4.42. The average molecular weight is 326 g/mol. The molecule has 3 rings (SSSR count). The largest absolute Gasteiger partial charge is 0.417 e. The predicted octanol–water partition coefficient (Wildman–Crippen LogP) is 5.27. The van der Waals surface area contributed by atoms with Gasteiger partial charge in [0, 0.05) is 17.3 Å². The Morgan fingerprint density at radius 1 is 0.792 bits per heavy atom. The number of nitrogens with zero attached hydrogens (tertiary/aromatic N) is 2. The molecule has 0 saturated carbocycles. The summed E-state index contributed by atoms with van der Waals surface area (Å²) in [6, 6.07) is 19.7. The van der Waals surface area contributed by atoms with Gasteiger partial charge in [-0.1, -0.05) is 60.7 Å². The van der Waals surface area contributed by atoms with Crippen LogP contribution < -0.4 is 0 Å². The molecular formula is C19H13F3N2. The Labute approximate surface area is 137 Å². The molecule has 0 bridgehead atoms. The lowest BCUT2D eigenvalue weighted by atomic mass is 10.0. The maximum atomic E-state index is 12.9. The molecule has 2 nitrogen and oxygen atoms in total. The fourth-order valence-electron chi connectivity index (χ4n) is 2.26. The van der Waals surface area contributed by atoms with Gasteiger partial charge in [-0.05, 0) is 6.07 Å². The minimum Gasteiger partial charge on any atom is -0.262 e. The standard InChI is InChI=1S/C19H13F3N2/c20-19(21,22)16-11-17(13-23-12-16)24-18(14-7-3-1-4-8-14)15-9-5-2-6-10-15/h1-13H. The molecule has 0 aliphatic heterocycles. The molecule has 0 spiro atoms. The van der Waals surface area contributed by atoms with E-state index in [2.05, 4.69) is 9.98 Å². The first-order valence-corrected chi connectivity index (χ1v) is 7.26. The first-order valence-electron chi connectivity index (χ1n) is 7.26. The van der Waals surface area contributed by atoms with Crippen LogP contribution in [0.1, 0.15) is 16.7 Å². The van der Waals surface area contributed by atoms with Gasteiger partial charge in [0.05, 0.1) is 23.2 Å². The molecule has 0 atom stereocenters. The maximum Gasteiger partial charge on any atom is 0.417 e. The zero-order chi connectivity index (χ0) is 17.0. The SMILES string of the molecule is FC(F)(F)c1cncc(N=C(c2ccccc2)c2ccccc2)c1. The van der Waals surface area contributed by atoms with Gasteiger partial charge >= 0.3 is 6.18 Å². The van der Waals surface area contributed by atoms with E-state index in [4.69, 9.17) is 0 Å². The first kappa shape index (κ1) is 15.9. The van der Waals surface area contributed by atoms with Gasteiger partial charge in [-0.2, -0.15) is 13.2 Å². The predicted molar refractivity (Wildman–Crippen MR) is 87.4 cm³/mol. The van der Waals surface area contributed by atoms with Crippen molar-refractivity contribution in [3.63, 3.8) is 0 Å². The lowest BCUT2D eigenvalue weighted by Crippen LogP contribution is -2.06. The van der Waals surface area contributed by atoms with Crippen LogP contribution in [-0.2, 0) is 6.18 Å². The van der Waals surface area contributed by atoms with Gasteiger partial charge in [-0.3, -0.25) is 4.98 Å². The zero-order valence-electron chi connectivity index (χ0n) is 12.5. The third kappa shape index (κ3) is 3.68. The van der Waals surface area contributed by atoms with Gasteiger partial charge in [-0.25, -0.2) is 4.99 Å². The Bertz CT molecular complexity index is 800. The van der Waals surface area contributed by atoms with E-state index < -0.39 is 11.7 Å². The fourth-order valence-corrected chi connectivity index (χ4v) is 2.26. The maximum absolute atomic E-state index is 12.9. The highest BCUT2D eigenvalue weighted by molar-refractivity contribution is 6.13. The highest BCUT2D eigenvalue weighted by Crippen LogP contribution is 2.31. The van der Waals surface area contributed by atoms with Crippen LogP contribution >= 0.6 is 0 Å². The normalized spacial score (nSPS) is 11.1. The molecule has 0 amide bonds. The van der Waals surface area contributed by atoms with Crippen LogP contribution in [0.25, 0.3) is 0 Å². The molecule has 5 heteroatoms.